The molecule has 1 heterocycles. The molecule has 1 rings (SSSR count). The Morgan fingerprint density at radius 1 is 1.40 bits per heavy atom. The van der Waals surface area contributed by atoms with E-state index in [9.17, 15) is 9.59 Å². The highest BCUT2D eigenvalue weighted by atomic mass is 35.5. The van der Waals surface area contributed by atoms with E-state index in [1.54, 1.807) is 27.7 Å². The van der Waals surface area contributed by atoms with E-state index in [1.165, 1.54) is 6.07 Å². The number of amides is 1. The molecule has 1 N–H and O–H groups in total. The van der Waals surface area contributed by atoms with Crippen molar-refractivity contribution in [1.82, 2.24) is 5.32 Å². The van der Waals surface area contributed by atoms with Crippen LogP contribution >= 0.6 is 34.5 Å². The normalized spacial score (nSPS) is 12.9. The first-order valence-electron chi connectivity index (χ1n) is 6.06. The van der Waals surface area contributed by atoms with Gasteiger partial charge in [0.1, 0.15) is 9.94 Å². The van der Waals surface area contributed by atoms with Crippen LogP contribution in [0, 0.1) is 0 Å². The van der Waals surface area contributed by atoms with Gasteiger partial charge in [-0.25, -0.2) is 4.79 Å². The van der Waals surface area contributed by atoms with Gasteiger partial charge in [0.15, 0.2) is 5.78 Å². The van der Waals surface area contributed by atoms with Crippen molar-refractivity contribution in [2.24, 2.45) is 0 Å². The van der Waals surface area contributed by atoms with Crippen molar-refractivity contribution in [2.75, 3.05) is 0 Å². The third-order valence-electron chi connectivity index (χ3n) is 2.21. The van der Waals surface area contributed by atoms with Crippen molar-refractivity contribution < 1.29 is 14.3 Å². The van der Waals surface area contributed by atoms with Gasteiger partial charge >= 0.3 is 6.09 Å². The fourth-order valence-corrected chi connectivity index (χ4v) is 2.98. The molecule has 1 atom stereocenters. The van der Waals surface area contributed by atoms with Gasteiger partial charge in [-0.2, -0.15) is 0 Å². The van der Waals surface area contributed by atoms with Crippen LogP contribution in [0.5, 0.6) is 0 Å². The number of nitrogens with one attached hydrogen (secondary N) is 1. The first kappa shape index (κ1) is 17.3. The number of alkyl carbamates (subject to hydrolysis) is 1. The Balaban J connectivity index is 2.54. The van der Waals surface area contributed by atoms with E-state index in [0.717, 1.165) is 11.3 Å². The van der Waals surface area contributed by atoms with Crippen LogP contribution in [0.1, 0.15) is 44.5 Å². The molecule has 1 unspecified atom stereocenters. The number of rotatable bonds is 4. The van der Waals surface area contributed by atoms with E-state index < -0.39 is 11.7 Å². The third-order valence-corrected chi connectivity index (χ3v) is 3.70. The van der Waals surface area contributed by atoms with Gasteiger partial charge < -0.3 is 10.1 Å². The van der Waals surface area contributed by atoms with Crippen LogP contribution in [0.3, 0.4) is 0 Å². The number of ether oxygens (including phenoxy) is 1. The Labute approximate surface area is 132 Å². The van der Waals surface area contributed by atoms with E-state index in [1.807, 2.05) is 0 Å². The van der Waals surface area contributed by atoms with E-state index in [2.05, 4.69) is 5.32 Å². The van der Waals surface area contributed by atoms with Crippen molar-refractivity contribution in [1.29, 1.82) is 0 Å². The minimum absolute atomic E-state index is 0.131. The van der Waals surface area contributed by atoms with E-state index in [-0.39, 0.29) is 18.2 Å². The van der Waals surface area contributed by atoms with Crippen LogP contribution in [-0.2, 0) is 4.74 Å². The second kappa shape index (κ2) is 6.78. The molecule has 4 nitrogen and oxygen atoms in total. The molecule has 0 aliphatic heterocycles. The number of carbonyl (C=O) groups is 2. The van der Waals surface area contributed by atoms with Crippen LogP contribution in [-0.4, -0.2) is 23.5 Å². The summed E-state index contributed by atoms with van der Waals surface area (Å²) in [5, 5.41) is 2.61. The van der Waals surface area contributed by atoms with Crippen molar-refractivity contribution in [3.05, 3.63) is 20.3 Å². The summed E-state index contributed by atoms with van der Waals surface area (Å²) in [4.78, 5) is 23.6. The minimum Gasteiger partial charge on any atom is -0.444 e. The summed E-state index contributed by atoms with van der Waals surface area (Å²) in [6, 6.07) is 1.18. The zero-order chi connectivity index (χ0) is 15.5. The molecule has 20 heavy (non-hydrogen) atoms. The third kappa shape index (κ3) is 5.69. The average molecular weight is 338 g/mol. The SMILES string of the molecule is CC(CC(=O)c1cc(Cl)sc1Cl)NC(=O)OC(C)(C)C. The fraction of sp³-hybridized carbons (Fsp3) is 0.538. The second-order valence-electron chi connectivity index (χ2n) is 5.41. The van der Waals surface area contributed by atoms with Gasteiger partial charge in [-0.3, -0.25) is 4.79 Å². The molecule has 0 saturated carbocycles. The molecule has 1 amide bonds. The lowest BCUT2D eigenvalue weighted by atomic mass is 10.1. The Kier molecular flexibility index (Phi) is 5.86. The molecule has 0 aliphatic carbocycles. The predicted molar refractivity (Wildman–Crippen MR) is 82.1 cm³/mol. The molecule has 0 fully saturated rings. The topological polar surface area (TPSA) is 55.4 Å². The van der Waals surface area contributed by atoms with Crippen LogP contribution in [0.2, 0.25) is 8.67 Å². The number of hydrogen-bond donors (Lipinski definition) is 1. The molecule has 0 aromatic carbocycles. The Morgan fingerprint density at radius 2 is 2.00 bits per heavy atom. The van der Waals surface area contributed by atoms with Crippen molar-refractivity contribution in [3.8, 4) is 0 Å². The predicted octanol–water partition coefficient (Wildman–Crippen LogP) is 4.54. The van der Waals surface area contributed by atoms with Gasteiger partial charge in [0.05, 0.1) is 4.34 Å². The van der Waals surface area contributed by atoms with Crippen LogP contribution in [0.15, 0.2) is 6.07 Å². The van der Waals surface area contributed by atoms with Gasteiger partial charge in [-0.05, 0) is 33.8 Å². The average Bonchev–Trinajstić information content (AvgIpc) is 2.54. The van der Waals surface area contributed by atoms with Gasteiger partial charge in [-0.15, -0.1) is 11.3 Å². The van der Waals surface area contributed by atoms with Crippen LogP contribution in [0.25, 0.3) is 0 Å². The number of Topliss-reactive ketones (excluding diaryl/α,β-unsaturated/α-hetero) is 1. The highest BCUT2D eigenvalue weighted by Gasteiger charge is 2.21. The molecule has 1 aromatic rings. The second-order valence-corrected chi connectivity index (χ2v) is 7.70. The fourth-order valence-electron chi connectivity index (χ4n) is 1.48. The quantitative estimate of drug-likeness (QED) is 0.820. The van der Waals surface area contributed by atoms with E-state index in [4.69, 9.17) is 27.9 Å². The maximum absolute atomic E-state index is 12.0. The smallest absolute Gasteiger partial charge is 0.407 e. The number of halogens is 2. The zero-order valence-electron chi connectivity index (χ0n) is 11.8. The minimum atomic E-state index is -0.571. The summed E-state index contributed by atoms with van der Waals surface area (Å²) < 4.78 is 5.95. The standard InChI is InChI=1S/C13H17Cl2NO3S/c1-7(16-12(18)19-13(2,3)4)5-9(17)8-6-10(14)20-11(8)15/h6-7H,5H2,1-4H3,(H,16,18). The van der Waals surface area contributed by atoms with Crippen molar-refractivity contribution in [3.63, 3.8) is 0 Å². The first-order valence-corrected chi connectivity index (χ1v) is 7.63. The summed E-state index contributed by atoms with van der Waals surface area (Å²) in [5.41, 5.74) is -0.183. The summed E-state index contributed by atoms with van der Waals surface area (Å²) in [7, 11) is 0. The van der Waals surface area contributed by atoms with E-state index >= 15 is 0 Å². The molecule has 0 saturated heterocycles. The van der Waals surface area contributed by atoms with Gasteiger partial charge in [0.25, 0.3) is 0 Å². The monoisotopic (exact) mass is 337 g/mol. The summed E-state index contributed by atoms with van der Waals surface area (Å²) in [6.07, 6.45) is -0.418. The van der Waals surface area contributed by atoms with Gasteiger partial charge in [0, 0.05) is 18.0 Å². The Hall–Kier alpha value is -0.780. The number of thiophene rings is 1. The molecular formula is C13H17Cl2NO3S. The van der Waals surface area contributed by atoms with Gasteiger partial charge in [0.2, 0.25) is 0 Å². The van der Waals surface area contributed by atoms with Gasteiger partial charge in [-0.1, -0.05) is 23.2 Å². The summed E-state index contributed by atoms with van der Waals surface area (Å²) in [6.45, 7) is 7.05. The molecule has 0 bridgehead atoms. The van der Waals surface area contributed by atoms with Crippen molar-refractivity contribution >= 4 is 46.4 Å². The number of carbonyl (C=O) groups excluding carboxylic acids is 2. The molecule has 1 aromatic heterocycles. The van der Waals surface area contributed by atoms with E-state index in [0.29, 0.717) is 14.2 Å². The lowest BCUT2D eigenvalue weighted by molar-refractivity contribution is 0.0506. The molecule has 7 heteroatoms. The molecule has 0 aliphatic rings. The lowest BCUT2D eigenvalue weighted by Crippen LogP contribution is -2.38. The summed E-state index contributed by atoms with van der Waals surface area (Å²) in [5.74, 6) is -0.165. The maximum Gasteiger partial charge on any atom is 0.407 e. The number of hydrogen-bond acceptors (Lipinski definition) is 4. The first-order chi connectivity index (χ1) is 9.08. The highest BCUT2D eigenvalue weighted by Crippen LogP contribution is 2.32. The molecule has 112 valence electrons. The zero-order valence-corrected chi connectivity index (χ0v) is 14.1. The number of ketones is 1. The van der Waals surface area contributed by atoms with Crippen LogP contribution < -0.4 is 5.32 Å². The Bertz CT molecular complexity index is 508. The molecule has 0 radical (unpaired) electrons. The maximum atomic E-state index is 12.0. The molecular weight excluding hydrogens is 321 g/mol. The lowest BCUT2D eigenvalue weighted by Gasteiger charge is -2.21. The molecule has 0 spiro atoms. The largest absolute Gasteiger partial charge is 0.444 e. The Morgan fingerprint density at radius 3 is 2.45 bits per heavy atom. The van der Waals surface area contributed by atoms with Crippen LogP contribution in [0.4, 0.5) is 4.79 Å². The van der Waals surface area contributed by atoms with Crippen molar-refractivity contribution in [2.45, 2.75) is 45.8 Å². The highest BCUT2D eigenvalue weighted by molar-refractivity contribution is 7.20. The summed E-state index contributed by atoms with van der Waals surface area (Å²) >= 11 is 12.9.